The van der Waals surface area contributed by atoms with Crippen molar-refractivity contribution < 1.29 is 0 Å². The zero-order chi connectivity index (χ0) is 13.1. The average Bonchev–Trinajstić information content (AvgIpc) is 2.30. The Morgan fingerprint density at radius 2 is 2.00 bits per heavy atom. The Hall–Kier alpha value is -0.120. The zero-order valence-electron chi connectivity index (χ0n) is 12.6. The van der Waals surface area contributed by atoms with Gasteiger partial charge in [0.2, 0.25) is 0 Å². The third-order valence-corrected chi connectivity index (χ3v) is 4.37. The van der Waals surface area contributed by atoms with Crippen LogP contribution in [-0.2, 0) is 0 Å². The van der Waals surface area contributed by atoms with Crippen LogP contribution in [0, 0.1) is 0 Å². The lowest BCUT2D eigenvalue weighted by Gasteiger charge is -2.41. The Balaban J connectivity index is 2.35. The van der Waals surface area contributed by atoms with Crippen molar-refractivity contribution in [2.24, 2.45) is 0 Å². The second kappa shape index (κ2) is 6.17. The molecule has 17 heavy (non-hydrogen) atoms. The fourth-order valence-corrected chi connectivity index (χ4v) is 2.16. The van der Waals surface area contributed by atoms with Crippen LogP contribution >= 0.6 is 0 Å². The van der Waals surface area contributed by atoms with Crippen LogP contribution in [0.1, 0.15) is 41.0 Å². The molecule has 0 aliphatic carbocycles. The van der Waals surface area contributed by atoms with E-state index in [9.17, 15) is 0 Å². The first-order chi connectivity index (χ1) is 7.85. The molecule has 0 amide bonds. The molecular formula is C14H31N3. The van der Waals surface area contributed by atoms with Gasteiger partial charge in [0.25, 0.3) is 0 Å². The Morgan fingerprint density at radius 1 is 1.35 bits per heavy atom. The van der Waals surface area contributed by atoms with Crippen LogP contribution in [0.4, 0.5) is 0 Å². The molecule has 1 saturated heterocycles. The maximum Gasteiger partial charge on any atom is 0.0193 e. The maximum absolute atomic E-state index is 3.68. The first-order valence-electron chi connectivity index (χ1n) is 7.05. The quantitative estimate of drug-likeness (QED) is 0.792. The van der Waals surface area contributed by atoms with E-state index in [4.69, 9.17) is 0 Å². The standard InChI is InChI=1S/C14H31N3/c1-7-14(4,5)15-10-12(2)17-9-8-16(6)13(3)11-17/h12-13,15H,7-11H2,1-6H3. The third kappa shape index (κ3) is 4.57. The van der Waals surface area contributed by atoms with Gasteiger partial charge in [-0.05, 0) is 41.2 Å². The van der Waals surface area contributed by atoms with E-state index in [1.165, 1.54) is 26.1 Å². The summed E-state index contributed by atoms with van der Waals surface area (Å²) in [5.41, 5.74) is 0.270. The topological polar surface area (TPSA) is 18.5 Å². The first kappa shape index (κ1) is 14.9. The van der Waals surface area contributed by atoms with Gasteiger partial charge in [0.05, 0.1) is 0 Å². The minimum atomic E-state index is 0.270. The normalized spacial score (nSPS) is 26.1. The molecule has 0 aromatic carbocycles. The van der Waals surface area contributed by atoms with E-state index in [0.717, 1.165) is 6.54 Å². The van der Waals surface area contributed by atoms with E-state index in [1.54, 1.807) is 0 Å². The van der Waals surface area contributed by atoms with Gasteiger partial charge in [-0.2, -0.15) is 0 Å². The number of hydrogen-bond donors (Lipinski definition) is 1. The smallest absolute Gasteiger partial charge is 0.0193 e. The summed E-state index contributed by atoms with van der Waals surface area (Å²) in [5, 5.41) is 3.68. The van der Waals surface area contributed by atoms with Gasteiger partial charge in [-0.25, -0.2) is 0 Å². The molecule has 0 aromatic heterocycles. The predicted octanol–water partition coefficient (Wildman–Crippen LogP) is 1.79. The van der Waals surface area contributed by atoms with E-state index in [0.29, 0.717) is 12.1 Å². The van der Waals surface area contributed by atoms with Crippen molar-refractivity contribution in [1.29, 1.82) is 0 Å². The number of nitrogens with one attached hydrogen (secondary N) is 1. The summed E-state index contributed by atoms with van der Waals surface area (Å²) < 4.78 is 0. The molecule has 0 spiro atoms. The molecule has 0 bridgehead atoms. The molecule has 2 unspecified atom stereocenters. The largest absolute Gasteiger partial charge is 0.310 e. The molecule has 0 aromatic rings. The molecular weight excluding hydrogens is 210 g/mol. The number of hydrogen-bond acceptors (Lipinski definition) is 3. The van der Waals surface area contributed by atoms with Gasteiger partial charge in [0, 0.05) is 43.8 Å². The summed E-state index contributed by atoms with van der Waals surface area (Å²) in [6.45, 7) is 16.2. The summed E-state index contributed by atoms with van der Waals surface area (Å²) in [6, 6.07) is 1.32. The van der Waals surface area contributed by atoms with Gasteiger partial charge in [0.15, 0.2) is 0 Å². The minimum absolute atomic E-state index is 0.270. The molecule has 0 radical (unpaired) electrons. The lowest BCUT2D eigenvalue weighted by Crippen LogP contribution is -2.56. The van der Waals surface area contributed by atoms with Crippen molar-refractivity contribution in [2.45, 2.75) is 58.7 Å². The summed E-state index contributed by atoms with van der Waals surface area (Å²) in [4.78, 5) is 5.07. The molecule has 3 nitrogen and oxygen atoms in total. The zero-order valence-corrected chi connectivity index (χ0v) is 12.6. The summed E-state index contributed by atoms with van der Waals surface area (Å²) in [7, 11) is 2.23. The van der Waals surface area contributed by atoms with Gasteiger partial charge >= 0.3 is 0 Å². The first-order valence-corrected chi connectivity index (χ1v) is 7.05. The molecule has 3 heteroatoms. The summed E-state index contributed by atoms with van der Waals surface area (Å²) in [6.07, 6.45) is 1.18. The van der Waals surface area contributed by atoms with E-state index in [2.05, 4.69) is 56.8 Å². The van der Waals surface area contributed by atoms with Crippen molar-refractivity contribution in [3.63, 3.8) is 0 Å². The van der Waals surface area contributed by atoms with E-state index in [-0.39, 0.29) is 5.54 Å². The highest BCUT2D eigenvalue weighted by Crippen LogP contribution is 2.12. The van der Waals surface area contributed by atoms with E-state index in [1.807, 2.05) is 0 Å². The molecule has 1 rings (SSSR count). The van der Waals surface area contributed by atoms with Gasteiger partial charge < -0.3 is 10.2 Å². The molecule has 2 atom stereocenters. The lowest BCUT2D eigenvalue weighted by atomic mass is 10.0. The summed E-state index contributed by atoms with van der Waals surface area (Å²) >= 11 is 0. The highest BCUT2D eigenvalue weighted by Gasteiger charge is 2.25. The van der Waals surface area contributed by atoms with Gasteiger partial charge in [-0.3, -0.25) is 4.90 Å². The molecule has 0 saturated carbocycles. The van der Waals surface area contributed by atoms with Crippen LogP contribution in [0.15, 0.2) is 0 Å². The van der Waals surface area contributed by atoms with Crippen LogP contribution in [0.3, 0.4) is 0 Å². The van der Waals surface area contributed by atoms with Crippen LogP contribution in [0.25, 0.3) is 0 Å². The van der Waals surface area contributed by atoms with Crippen molar-refractivity contribution in [1.82, 2.24) is 15.1 Å². The van der Waals surface area contributed by atoms with Crippen molar-refractivity contribution in [3.8, 4) is 0 Å². The fourth-order valence-electron chi connectivity index (χ4n) is 2.16. The van der Waals surface area contributed by atoms with Crippen molar-refractivity contribution >= 4 is 0 Å². The Kier molecular flexibility index (Phi) is 5.42. The van der Waals surface area contributed by atoms with Crippen LogP contribution in [0.5, 0.6) is 0 Å². The van der Waals surface area contributed by atoms with Gasteiger partial charge in [0.1, 0.15) is 0 Å². The lowest BCUT2D eigenvalue weighted by molar-refractivity contribution is 0.0746. The summed E-state index contributed by atoms with van der Waals surface area (Å²) in [5.74, 6) is 0. The van der Waals surface area contributed by atoms with Crippen LogP contribution < -0.4 is 5.32 Å². The SMILES string of the molecule is CCC(C)(C)NCC(C)N1CCN(C)C(C)C1. The minimum Gasteiger partial charge on any atom is -0.310 e. The highest BCUT2D eigenvalue weighted by molar-refractivity contribution is 4.83. The molecule has 1 N–H and O–H groups in total. The van der Waals surface area contributed by atoms with Crippen LogP contribution in [-0.4, -0.2) is 60.6 Å². The molecule has 1 fully saturated rings. The number of likely N-dealkylation sites (N-methyl/N-ethyl adjacent to an activating group) is 1. The van der Waals surface area contributed by atoms with Crippen molar-refractivity contribution in [3.05, 3.63) is 0 Å². The van der Waals surface area contributed by atoms with E-state index >= 15 is 0 Å². The molecule has 1 aliphatic heterocycles. The Morgan fingerprint density at radius 3 is 2.53 bits per heavy atom. The monoisotopic (exact) mass is 241 g/mol. The van der Waals surface area contributed by atoms with E-state index < -0.39 is 0 Å². The number of piperazine rings is 1. The highest BCUT2D eigenvalue weighted by atomic mass is 15.3. The second-order valence-corrected chi connectivity index (χ2v) is 6.29. The van der Waals surface area contributed by atoms with Crippen LogP contribution in [0.2, 0.25) is 0 Å². The fraction of sp³-hybridized carbons (Fsp3) is 1.00. The third-order valence-electron chi connectivity index (χ3n) is 4.37. The molecule has 1 heterocycles. The Bertz CT molecular complexity index is 228. The van der Waals surface area contributed by atoms with Crippen molar-refractivity contribution in [2.75, 3.05) is 33.2 Å². The van der Waals surface area contributed by atoms with Gasteiger partial charge in [-0.15, -0.1) is 0 Å². The Labute approximate surface area is 108 Å². The number of nitrogens with zero attached hydrogens (tertiary/aromatic N) is 2. The van der Waals surface area contributed by atoms with Gasteiger partial charge in [-0.1, -0.05) is 6.92 Å². The maximum atomic E-state index is 3.68. The number of rotatable bonds is 5. The average molecular weight is 241 g/mol. The predicted molar refractivity (Wildman–Crippen MR) is 75.5 cm³/mol. The molecule has 1 aliphatic rings. The molecule has 102 valence electrons. The second-order valence-electron chi connectivity index (χ2n) is 6.29.